The van der Waals surface area contributed by atoms with E-state index in [1.54, 1.807) is 0 Å². The highest BCUT2D eigenvalue weighted by atomic mass is 16.4. The average Bonchev–Trinajstić information content (AvgIpc) is 2.25. The number of rotatable bonds is 5. The van der Waals surface area contributed by atoms with E-state index < -0.39 is 23.9 Å². The van der Waals surface area contributed by atoms with Crippen LogP contribution in [-0.2, 0) is 9.59 Å². The molecule has 3 N–H and O–H groups in total. The quantitative estimate of drug-likeness (QED) is 0.472. The second kappa shape index (κ2) is 7.93. The molecular formula is C11H14N2O4. The summed E-state index contributed by atoms with van der Waals surface area (Å²) in [5, 5.41) is 12.6. The van der Waals surface area contributed by atoms with E-state index in [1.807, 2.05) is 12.2 Å². The number of carbonyl (C=O) groups is 3. The Hall–Kier alpha value is -2.29. The fraction of sp³-hybridized carbons (Fsp3) is 0.364. The van der Waals surface area contributed by atoms with Crippen LogP contribution in [0.1, 0.15) is 19.8 Å². The van der Waals surface area contributed by atoms with Gasteiger partial charge < -0.3 is 10.4 Å². The maximum absolute atomic E-state index is 11.2. The Balaban J connectivity index is 4.14. The summed E-state index contributed by atoms with van der Waals surface area (Å²) in [6.07, 6.45) is 7.94. The SMILES string of the molecule is C#CC(CCC)NC(=O)NC(=O)/C=C/C(=O)O. The Bertz CT molecular complexity index is 368. The zero-order valence-corrected chi connectivity index (χ0v) is 9.40. The van der Waals surface area contributed by atoms with Gasteiger partial charge in [-0.3, -0.25) is 10.1 Å². The van der Waals surface area contributed by atoms with Crippen molar-refractivity contribution in [1.29, 1.82) is 0 Å². The van der Waals surface area contributed by atoms with Crippen molar-refractivity contribution >= 4 is 17.9 Å². The lowest BCUT2D eigenvalue weighted by Crippen LogP contribution is -2.43. The monoisotopic (exact) mass is 238 g/mol. The third kappa shape index (κ3) is 7.62. The molecule has 17 heavy (non-hydrogen) atoms. The van der Waals surface area contributed by atoms with Crippen LogP contribution in [0.15, 0.2) is 12.2 Å². The van der Waals surface area contributed by atoms with E-state index in [0.29, 0.717) is 12.5 Å². The number of carboxylic acid groups (broad SMARTS) is 1. The molecule has 3 amide bonds. The molecule has 0 aliphatic carbocycles. The predicted octanol–water partition coefficient (Wildman–Crippen LogP) is 0.255. The van der Waals surface area contributed by atoms with Crippen molar-refractivity contribution in [3.8, 4) is 12.3 Å². The van der Waals surface area contributed by atoms with Gasteiger partial charge in [0.1, 0.15) is 0 Å². The van der Waals surface area contributed by atoms with Crippen LogP contribution >= 0.6 is 0 Å². The third-order valence-corrected chi connectivity index (χ3v) is 1.70. The first-order chi connectivity index (χ1) is 7.99. The zero-order chi connectivity index (χ0) is 13.3. The van der Waals surface area contributed by atoms with Gasteiger partial charge in [0, 0.05) is 12.2 Å². The summed E-state index contributed by atoms with van der Waals surface area (Å²) in [6, 6.07) is -1.20. The fourth-order valence-electron chi connectivity index (χ4n) is 0.981. The Morgan fingerprint density at radius 3 is 2.53 bits per heavy atom. The maximum Gasteiger partial charge on any atom is 0.328 e. The smallest absolute Gasteiger partial charge is 0.328 e. The summed E-state index contributed by atoms with van der Waals surface area (Å²) in [5.74, 6) is 0.270. The summed E-state index contributed by atoms with van der Waals surface area (Å²) in [7, 11) is 0. The minimum atomic E-state index is -1.27. The Morgan fingerprint density at radius 2 is 2.06 bits per heavy atom. The van der Waals surface area contributed by atoms with Crippen molar-refractivity contribution in [2.75, 3.05) is 0 Å². The summed E-state index contributed by atoms with van der Waals surface area (Å²) < 4.78 is 0. The molecule has 0 fully saturated rings. The van der Waals surface area contributed by atoms with Gasteiger partial charge in [-0.15, -0.1) is 6.42 Å². The van der Waals surface area contributed by atoms with Crippen molar-refractivity contribution < 1.29 is 19.5 Å². The van der Waals surface area contributed by atoms with Gasteiger partial charge in [0.25, 0.3) is 5.91 Å². The number of imide groups is 1. The number of aliphatic carboxylic acids is 1. The lowest BCUT2D eigenvalue weighted by Gasteiger charge is -2.11. The molecule has 0 heterocycles. The number of carbonyl (C=O) groups excluding carboxylic acids is 2. The first-order valence-electron chi connectivity index (χ1n) is 4.98. The highest BCUT2D eigenvalue weighted by Crippen LogP contribution is 1.94. The van der Waals surface area contributed by atoms with Crippen LogP contribution in [0.5, 0.6) is 0 Å². The van der Waals surface area contributed by atoms with Gasteiger partial charge in [0.15, 0.2) is 0 Å². The van der Waals surface area contributed by atoms with Crippen molar-refractivity contribution in [1.82, 2.24) is 10.6 Å². The first kappa shape index (κ1) is 14.7. The molecule has 0 saturated carbocycles. The first-order valence-corrected chi connectivity index (χ1v) is 4.98. The van der Waals surface area contributed by atoms with E-state index in [0.717, 1.165) is 12.5 Å². The molecule has 0 aromatic heterocycles. The molecule has 0 aliphatic rings. The number of amides is 3. The second-order valence-electron chi connectivity index (χ2n) is 3.14. The minimum Gasteiger partial charge on any atom is -0.478 e. The highest BCUT2D eigenvalue weighted by molar-refractivity contribution is 6.02. The van der Waals surface area contributed by atoms with Gasteiger partial charge in [0.2, 0.25) is 0 Å². The predicted molar refractivity (Wildman–Crippen MR) is 61.0 cm³/mol. The molecule has 0 bridgehead atoms. The summed E-state index contributed by atoms with van der Waals surface area (Å²) in [6.45, 7) is 1.91. The van der Waals surface area contributed by atoms with Crippen LogP contribution in [-0.4, -0.2) is 29.1 Å². The van der Waals surface area contributed by atoms with Crippen LogP contribution in [0.3, 0.4) is 0 Å². The number of hydrogen-bond donors (Lipinski definition) is 3. The van der Waals surface area contributed by atoms with Gasteiger partial charge in [0.05, 0.1) is 6.04 Å². The van der Waals surface area contributed by atoms with Gasteiger partial charge in [-0.1, -0.05) is 19.3 Å². The molecule has 0 rings (SSSR count). The summed E-state index contributed by atoms with van der Waals surface area (Å²) in [5.41, 5.74) is 0. The highest BCUT2D eigenvalue weighted by Gasteiger charge is 2.09. The molecule has 0 spiro atoms. The average molecular weight is 238 g/mol. The Kier molecular flexibility index (Phi) is 6.86. The van der Waals surface area contributed by atoms with Crippen LogP contribution in [0.4, 0.5) is 4.79 Å². The Morgan fingerprint density at radius 1 is 1.41 bits per heavy atom. The van der Waals surface area contributed by atoms with Crippen molar-refractivity contribution in [2.24, 2.45) is 0 Å². The van der Waals surface area contributed by atoms with Crippen LogP contribution in [0, 0.1) is 12.3 Å². The van der Waals surface area contributed by atoms with E-state index in [2.05, 4.69) is 11.2 Å². The van der Waals surface area contributed by atoms with Gasteiger partial charge in [-0.2, -0.15) is 0 Å². The van der Waals surface area contributed by atoms with Gasteiger partial charge in [-0.05, 0) is 6.42 Å². The second-order valence-corrected chi connectivity index (χ2v) is 3.14. The molecule has 0 aromatic rings. The lowest BCUT2D eigenvalue weighted by atomic mass is 10.2. The minimum absolute atomic E-state index is 0.448. The molecule has 92 valence electrons. The number of nitrogens with one attached hydrogen (secondary N) is 2. The fourth-order valence-corrected chi connectivity index (χ4v) is 0.981. The van der Waals surface area contributed by atoms with E-state index >= 15 is 0 Å². The summed E-state index contributed by atoms with van der Waals surface area (Å²) >= 11 is 0. The van der Waals surface area contributed by atoms with E-state index in [4.69, 9.17) is 11.5 Å². The van der Waals surface area contributed by atoms with Crippen LogP contribution in [0.2, 0.25) is 0 Å². The number of terminal acetylenes is 1. The zero-order valence-electron chi connectivity index (χ0n) is 9.40. The largest absolute Gasteiger partial charge is 0.478 e. The number of urea groups is 1. The van der Waals surface area contributed by atoms with Crippen molar-refractivity contribution in [3.05, 3.63) is 12.2 Å². The van der Waals surface area contributed by atoms with Crippen LogP contribution in [0.25, 0.3) is 0 Å². The van der Waals surface area contributed by atoms with Gasteiger partial charge >= 0.3 is 12.0 Å². The molecule has 6 nitrogen and oxygen atoms in total. The molecule has 0 aromatic carbocycles. The molecular weight excluding hydrogens is 224 g/mol. The molecule has 1 unspecified atom stereocenters. The third-order valence-electron chi connectivity index (χ3n) is 1.70. The van der Waals surface area contributed by atoms with E-state index in [-0.39, 0.29) is 0 Å². The standard InChI is InChI=1S/C11H14N2O4/c1-3-5-8(4-2)12-11(17)13-9(14)6-7-10(15)16/h2,6-8H,3,5H2,1H3,(H,15,16)(H2,12,13,14,17)/b7-6+. The van der Waals surface area contributed by atoms with Crippen molar-refractivity contribution in [3.63, 3.8) is 0 Å². The molecule has 0 saturated heterocycles. The molecule has 1 atom stereocenters. The maximum atomic E-state index is 11.2. The molecule has 0 aliphatic heterocycles. The van der Waals surface area contributed by atoms with E-state index in [9.17, 15) is 14.4 Å². The van der Waals surface area contributed by atoms with Gasteiger partial charge in [-0.25, -0.2) is 9.59 Å². The topological polar surface area (TPSA) is 95.5 Å². The normalized spacial score (nSPS) is 11.5. The van der Waals surface area contributed by atoms with Crippen molar-refractivity contribution in [2.45, 2.75) is 25.8 Å². The lowest BCUT2D eigenvalue weighted by molar-refractivity contribution is -0.131. The van der Waals surface area contributed by atoms with Crippen LogP contribution < -0.4 is 10.6 Å². The Labute approximate surface area is 99.1 Å². The molecule has 0 radical (unpaired) electrons. The number of hydrogen-bond acceptors (Lipinski definition) is 3. The number of carboxylic acids is 1. The molecule has 6 heteroatoms. The van der Waals surface area contributed by atoms with E-state index in [1.165, 1.54) is 0 Å². The summed E-state index contributed by atoms with van der Waals surface area (Å²) in [4.78, 5) is 32.3.